The van der Waals surface area contributed by atoms with Crippen molar-refractivity contribution in [3.8, 4) is 0 Å². The number of aliphatic hydroxyl groups is 2. The number of unbranched alkanes of at least 4 members (excludes halogenated alkanes) is 5. The minimum absolute atomic E-state index is 0.271. The van der Waals surface area contributed by atoms with E-state index in [-0.39, 0.29) is 6.42 Å². The minimum atomic E-state index is -0.714. The summed E-state index contributed by atoms with van der Waals surface area (Å²) in [6, 6.07) is 0. The molecule has 0 aliphatic heterocycles. The van der Waals surface area contributed by atoms with Crippen LogP contribution < -0.4 is 0 Å². The number of carboxylic acids is 1. The van der Waals surface area contributed by atoms with Crippen LogP contribution in [0, 0.1) is 0 Å². The van der Waals surface area contributed by atoms with Crippen LogP contribution in [0.4, 0.5) is 0 Å². The minimum Gasteiger partial charge on any atom is -0.481 e. The second-order valence-corrected chi connectivity index (χ2v) is 5.66. The van der Waals surface area contributed by atoms with Crippen LogP contribution in [0.15, 0.2) is 24.3 Å². The number of aliphatic carboxylic acids is 1. The van der Waals surface area contributed by atoms with Crippen molar-refractivity contribution < 1.29 is 20.1 Å². The Kier molecular flexibility index (Phi) is 14.0. The summed E-state index contributed by atoms with van der Waals surface area (Å²) in [5.41, 5.74) is 0. The van der Waals surface area contributed by atoms with E-state index in [0.717, 1.165) is 44.9 Å². The van der Waals surface area contributed by atoms with Crippen LogP contribution in [-0.4, -0.2) is 33.5 Å². The van der Waals surface area contributed by atoms with E-state index in [9.17, 15) is 15.0 Å². The molecular formula is C18H32O4. The summed E-state index contributed by atoms with van der Waals surface area (Å²) < 4.78 is 0. The summed E-state index contributed by atoms with van der Waals surface area (Å²) in [5, 5.41) is 28.0. The zero-order chi connectivity index (χ0) is 16.6. The van der Waals surface area contributed by atoms with Crippen molar-refractivity contribution in [2.45, 2.75) is 83.3 Å². The molecule has 0 bridgehead atoms. The van der Waals surface area contributed by atoms with Gasteiger partial charge in [0.1, 0.15) is 0 Å². The lowest BCUT2D eigenvalue weighted by Gasteiger charge is -2.14. The topological polar surface area (TPSA) is 77.8 Å². The molecule has 0 aliphatic carbocycles. The molecule has 0 aromatic rings. The zero-order valence-electron chi connectivity index (χ0n) is 13.8. The molecular weight excluding hydrogens is 280 g/mol. The van der Waals surface area contributed by atoms with Gasteiger partial charge in [0.05, 0.1) is 12.2 Å². The molecule has 0 fully saturated rings. The fourth-order valence-corrected chi connectivity index (χ4v) is 2.14. The van der Waals surface area contributed by atoms with Gasteiger partial charge in [0.25, 0.3) is 0 Å². The Morgan fingerprint density at radius 1 is 0.864 bits per heavy atom. The second-order valence-electron chi connectivity index (χ2n) is 5.66. The summed E-state index contributed by atoms with van der Waals surface area (Å²) in [5.74, 6) is -0.714. The van der Waals surface area contributed by atoms with Crippen molar-refractivity contribution >= 4 is 5.97 Å². The van der Waals surface area contributed by atoms with Gasteiger partial charge in [-0.05, 0) is 38.5 Å². The molecule has 22 heavy (non-hydrogen) atoms. The van der Waals surface area contributed by atoms with E-state index in [4.69, 9.17) is 5.11 Å². The highest BCUT2D eigenvalue weighted by Crippen LogP contribution is 2.09. The molecule has 0 rings (SSSR count). The monoisotopic (exact) mass is 312 g/mol. The number of carboxylic acid groups (broad SMARTS) is 1. The molecule has 3 N–H and O–H groups in total. The van der Waals surface area contributed by atoms with Crippen LogP contribution in [0.2, 0.25) is 0 Å². The maximum Gasteiger partial charge on any atom is 0.303 e. The number of carbonyl (C=O) groups is 1. The van der Waals surface area contributed by atoms with E-state index >= 15 is 0 Å². The summed E-state index contributed by atoms with van der Waals surface area (Å²) in [7, 11) is 0. The standard InChI is InChI=1S/C18H32O4/c1-2-3-10-13-16(19)17(20)14-11-8-6-4-5-7-9-12-15-18(21)22/h3,8,10-11,16-17,19-20H,2,4-7,9,12-15H2,1H3,(H,21,22). The predicted molar refractivity (Wildman–Crippen MR) is 89.8 cm³/mol. The largest absolute Gasteiger partial charge is 0.481 e. The molecule has 0 aromatic heterocycles. The van der Waals surface area contributed by atoms with Crippen LogP contribution >= 0.6 is 0 Å². The van der Waals surface area contributed by atoms with Crippen LogP contribution in [0.1, 0.15) is 71.1 Å². The highest BCUT2D eigenvalue weighted by Gasteiger charge is 2.12. The van der Waals surface area contributed by atoms with Gasteiger partial charge in [-0.2, -0.15) is 0 Å². The quantitative estimate of drug-likeness (QED) is 0.336. The Hall–Kier alpha value is -1.13. The summed E-state index contributed by atoms with van der Waals surface area (Å²) in [6.07, 6.45) is 14.7. The number of allylic oxidation sites excluding steroid dienone is 2. The molecule has 0 radical (unpaired) electrons. The van der Waals surface area contributed by atoms with Gasteiger partial charge in [-0.25, -0.2) is 0 Å². The first-order chi connectivity index (χ1) is 10.6. The van der Waals surface area contributed by atoms with Crippen molar-refractivity contribution in [3.05, 3.63) is 24.3 Å². The smallest absolute Gasteiger partial charge is 0.303 e. The Labute approximate surface area is 134 Å². The van der Waals surface area contributed by atoms with Gasteiger partial charge in [-0.15, -0.1) is 0 Å². The lowest BCUT2D eigenvalue weighted by atomic mass is 10.1. The molecule has 4 nitrogen and oxygen atoms in total. The normalized spacial score (nSPS) is 14.7. The fraction of sp³-hybridized carbons (Fsp3) is 0.722. The van der Waals surface area contributed by atoms with Crippen LogP contribution in [-0.2, 0) is 4.79 Å². The van der Waals surface area contributed by atoms with Crippen molar-refractivity contribution in [1.82, 2.24) is 0 Å². The van der Waals surface area contributed by atoms with Gasteiger partial charge < -0.3 is 15.3 Å². The van der Waals surface area contributed by atoms with Gasteiger partial charge in [-0.3, -0.25) is 4.79 Å². The van der Waals surface area contributed by atoms with Crippen molar-refractivity contribution in [2.24, 2.45) is 0 Å². The third-order valence-corrected chi connectivity index (χ3v) is 3.53. The lowest BCUT2D eigenvalue weighted by Crippen LogP contribution is -2.24. The molecule has 0 aliphatic rings. The third-order valence-electron chi connectivity index (χ3n) is 3.53. The molecule has 2 unspecified atom stereocenters. The second kappa shape index (κ2) is 14.8. The highest BCUT2D eigenvalue weighted by molar-refractivity contribution is 5.66. The van der Waals surface area contributed by atoms with Crippen LogP contribution in [0.5, 0.6) is 0 Å². The Bertz CT molecular complexity index is 323. The molecule has 0 saturated heterocycles. The lowest BCUT2D eigenvalue weighted by molar-refractivity contribution is -0.137. The van der Waals surface area contributed by atoms with Crippen LogP contribution in [0.3, 0.4) is 0 Å². The average Bonchev–Trinajstić information content (AvgIpc) is 2.48. The van der Waals surface area contributed by atoms with E-state index < -0.39 is 18.2 Å². The average molecular weight is 312 g/mol. The fourth-order valence-electron chi connectivity index (χ4n) is 2.14. The number of rotatable bonds is 14. The first-order valence-corrected chi connectivity index (χ1v) is 8.45. The van der Waals surface area contributed by atoms with E-state index in [2.05, 4.69) is 6.08 Å². The van der Waals surface area contributed by atoms with E-state index in [1.807, 2.05) is 25.2 Å². The summed E-state index contributed by atoms with van der Waals surface area (Å²) in [4.78, 5) is 10.3. The Morgan fingerprint density at radius 2 is 1.41 bits per heavy atom. The SMILES string of the molecule is CCC=CCC(O)C(O)CC=CCCCCCCCC(=O)O. The molecule has 0 heterocycles. The van der Waals surface area contributed by atoms with Gasteiger partial charge >= 0.3 is 5.97 Å². The first kappa shape index (κ1) is 20.9. The van der Waals surface area contributed by atoms with Crippen molar-refractivity contribution in [3.63, 3.8) is 0 Å². The number of hydrogen-bond acceptors (Lipinski definition) is 3. The number of aliphatic hydroxyl groups excluding tert-OH is 2. The summed E-state index contributed by atoms with van der Waals surface area (Å²) >= 11 is 0. The van der Waals surface area contributed by atoms with Gasteiger partial charge in [0.15, 0.2) is 0 Å². The van der Waals surface area contributed by atoms with Gasteiger partial charge in [0.2, 0.25) is 0 Å². The molecule has 0 amide bonds. The first-order valence-electron chi connectivity index (χ1n) is 8.45. The van der Waals surface area contributed by atoms with E-state index in [1.54, 1.807) is 0 Å². The van der Waals surface area contributed by atoms with Crippen molar-refractivity contribution in [2.75, 3.05) is 0 Å². The van der Waals surface area contributed by atoms with Crippen LogP contribution in [0.25, 0.3) is 0 Å². The molecule has 0 spiro atoms. The third kappa shape index (κ3) is 13.8. The molecule has 128 valence electrons. The summed E-state index contributed by atoms with van der Waals surface area (Å²) in [6.45, 7) is 2.04. The molecule has 2 atom stereocenters. The Balaban J connectivity index is 3.49. The van der Waals surface area contributed by atoms with Gasteiger partial charge in [0, 0.05) is 6.42 Å². The van der Waals surface area contributed by atoms with E-state index in [0.29, 0.717) is 12.8 Å². The molecule has 0 aromatic carbocycles. The molecule has 0 saturated carbocycles. The number of hydrogen-bond donors (Lipinski definition) is 3. The Morgan fingerprint density at radius 3 is 2.00 bits per heavy atom. The van der Waals surface area contributed by atoms with Gasteiger partial charge in [-0.1, -0.05) is 50.5 Å². The maximum atomic E-state index is 10.3. The maximum absolute atomic E-state index is 10.3. The zero-order valence-corrected chi connectivity index (χ0v) is 13.8. The predicted octanol–water partition coefficient (Wildman–Crippen LogP) is 3.83. The molecule has 4 heteroatoms. The highest BCUT2D eigenvalue weighted by atomic mass is 16.4. The van der Waals surface area contributed by atoms with Crippen molar-refractivity contribution in [1.29, 1.82) is 0 Å². The van der Waals surface area contributed by atoms with E-state index in [1.165, 1.54) is 0 Å².